The summed E-state index contributed by atoms with van der Waals surface area (Å²) in [6, 6.07) is -0.0432. The predicted octanol–water partition coefficient (Wildman–Crippen LogP) is 3.41. The maximum Gasteiger partial charge on any atom is 0.315 e. The van der Waals surface area contributed by atoms with Gasteiger partial charge in [-0.3, -0.25) is 0 Å². The standard InChI is InChI=1S/C16H27N3O2S/c1-4-15-19-14(10-22-15)12(3)18-16(20)17-11(2)7-8-13-6-5-9-21-13/h10-13H,4-9H2,1-3H3,(H2,17,18,20)/t11-,12-,13+/m0/s1. The molecule has 0 aliphatic carbocycles. The first kappa shape index (κ1) is 17.2. The molecule has 3 atom stereocenters. The van der Waals surface area contributed by atoms with Crippen molar-refractivity contribution in [1.82, 2.24) is 15.6 Å². The van der Waals surface area contributed by atoms with E-state index < -0.39 is 0 Å². The maximum absolute atomic E-state index is 12.0. The van der Waals surface area contributed by atoms with Crippen LogP contribution in [-0.4, -0.2) is 29.8 Å². The van der Waals surface area contributed by atoms with Gasteiger partial charge in [0.1, 0.15) is 0 Å². The van der Waals surface area contributed by atoms with Crippen LogP contribution in [0.2, 0.25) is 0 Å². The highest BCUT2D eigenvalue weighted by atomic mass is 32.1. The van der Waals surface area contributed by atoms with E-state index in [2.05, 4.69) is 22.5 Å². The second kappa shape index (κ2) is 8.48. The van der Waals surface area contributed by atoms with E-state index in [9.17, 15) is 4.79 Å². The highest BCUT2D eigenvalue weighted by molar-refractivity contribution is 7.09. The number of carbonyl (C=O) groups is 1. The maximum atomic E-state index is 12.0. The molecule has 1 aromatic heterocycles. The van der Waals surface area contributed by atoms with Crippen molar-refractivity contribution in [3.63, 3.8) is 0 Å². The van der Waals surface area contributed by atoms with E-state index in [1.54, 1.807) is 11.3 Å². The molecule has 0 spiro atoms. The van der Waals surface area contributed by atoms with Gasteiger partial charge in [0.15, 0.2) is 0 Å². The number of nitrogens with one attached hydrogen (secondary N) is 2. The molecule has 1 fully saturated rings. The Balaban J connectivity index is 1.69. The van der Waals surface area contributed by atoms with E-state index in [-0.39, 0.29) is 18.1 Å². The number of rotatable bonds is 7. The predicted molar refractivity (Wildman–Crippen MR) is 89.2 cm³/mol. The number of nitrogens with zero attached hydrogens (tertiary/aromatic N) is 1. The Bertz CT molecular complexity index is 472. The largest absolute Gasteiger partial charge is 0.378 e. The molecule has 0 saturated carbocycles. The second-order valence-electron chi connectivity index (χ2n) is 5.97. The molecule has 1 aliphatic heterocycles. The van der Waals surface area contributed by atoms with Crippen LogP contribution in [0.15, 0.2) is 5.38 Å². The van der Waals surface area contributed by atoms with Gasteiger partial charge in [0, 0.05) is 18.0 Å². The summed E-state index contributed by atoms with van der Waals surface area (Å²) < 4.78 is 5.61. The van der Waals surface area contributed by atoms with Crippen LogP contribution >= 0.6 is 11.3 Å². The minimum Gasteiger partial charge on any atom is -0.378 e. The van der Waals surface area contributed by atoms with E-state index in [0.29, 0.717) is 6.10 Å². The fourth-order valence-electron chi connectivity index (χ4n) is 2.60. The molecule has 2 N–H and O–H groups in total. The molecule has 5 nitrogen and oxygen atoms in total. The van der Waals surface area contributed by atoms with E-state index in [1.165, 1.54) is 0 Å². The quantitative estimate of drug-likeness (QED) is 0.807. The molecular weight excluding hydrogens is 298 g/mol. The molecule has 1 aromatic rings. The lowest BCUT2D eigenvalue weighted by atomic mass is 10.1. The Hall–Kier alpha value is -1.14. The summed E-state index contributed by atoms with van der Waals surface area (Å²) in [4.78, 5) is 16.5. The zero-order chi connectivity index (χ0) is 15.9. The fraction of sp³-hybridized carbons (Fsp3) is 0.750. The summed E-state index contributed by atoms with van der Waals surface area (Å²) in [6.45, 7) is 6.98. The lowest BCUT2D eigenvalue weighted by molar-refractivity contribution is 0.100. The van der Waals surface area contributed by atoms with Crippen LogP contribution in [0.5, 0.6) is 0 Å². The van der Waals surface area contributed by atoms with Crippen molar-refractivity contribution in [2.45, 2.75) is 71.1 Å². The Morgan fingerprint density at radius 1 is 1.50 bits per heavy atom. The normalized spacial score (nSPS) is 20.6. The van der Waals surface area contributed by atoms with Crippen LogP contribution in [-0.2, 0) is 11.2 Å². The Labute approximate surface area is 136 Å². The van der Waals surface area contributed by atoms with Gasteiger partial charge in [-0.25, -0.2) is 9.78 Å². The van der Waals surface area contributed by atoms with Gasteiger partial charge in [0.05, 0.1) is 22.8 Å². The molecule has 124 valence electrons. The molecule has 2 amide bonds. The van der Waals surface area contributed by atoms with Gasteiger partial charge in [0.2, 0.25) is 0 Å². The molecule has 1 saturated heterocycles. The molecule has 22 heavy (non-hydrogen) atoms. The van der Waals surface area contributed by atoms with Crippen LogP contribution in [0, 0.1) is 0 Å². The molecule has 1 aliphatic rings. The zero-order valence-corrected chi connectivity index (χ0v) is 14.5. The summed E-state index contributed by atoms with van der Waals surface area (Å²) >= 11 is 1.64. The topological polar surface area (TPSA) is 63.2 Å². The molecule has 0 unspecified atom stereocenters. The van der Waals surface area contributed by atoms with Crippen molar-refractivity contribution in [3.05, 3.63) is 16.1 Å². The SMILES string of the molecule is CCc1nc([C@H](C)NC(=O)N[C@@H](C)CC[C@H]2CCCO2)cs1. The lowest BCUT2D eigenvalue weighted by Gasteiger charge is -2.18. The van der Waals surface area contributed by atoms with Gasteiger partial charge in [0.25, 0.3) is 0 Å². The Kier molecular flexibility index (Phi) is 6.64. The van der Waals surface area contributed by atoms with Crippen molar-refractivity contribution >= 4 is 17.4 Å². The van der Waals surface area contributed by atoms with Crippen molar-refractivity contribution in [3.8, 4) is 0 Å². The zero-order valence-electron chi connectivity index (χ0n) is 13.7. The summed E-state index contributed by atoms with van der Waals surface area (Å²) in [5, 5.41) is 9.07. The van der Waals surface area contributed by atoms with Gasteiger partial charge >= 0.3 is 6.03 Å². The first-order chi connectivity index (χ1) is 10.6. The van der Waals surface area contributed by atoms with Gasteiger partial charge in [-0.05, 0) is 46.0 Å². The Morgan fingerprint density at radius 3 is 2.95 bits per heavy atom. The number of amides is 2. The average molecular weight is 325 g/mol. The van der Waals surface area contributed by atoms with Gasteiger partial charge < -0.3 is 15.4 Å². The number of aromatic nitrogens is 1. The number of carbonyl (C=O) groups excluding carboxylic acids is 1. The number of urea groups is 1. The lowest BCUT2D eigenvalue weighted by Crippen LogP contribution is -2.42. The average Bonchev–Trinajstić information content (AvgIpc) is 3.16. The van der Waals surface area contributed by atoms with Crippen molar-refractivity contribution in [1.29, 1.82) is 0 Å². The van der Waals surface area contributed by atoms with Gasteiger partial charge in [-0.1, -0.05) is 6.92 Å². The number of thiazole rings is 1. The summed E-state index contributed by atoms with van der Waals surface area (Å²) in [5.74, 6) is 0. The highest BCUT2D eigenvalue weighted by Gasteiger charge is 2.18. The van der Waals surface area contributed by atoms with Crippen LogP contribution in [0.25, 0.3) is 0 Å². The van der Waals surface area contributed by atoms with Crippen molar-refractivity contribution in [2.75, 3.05) is 6.61 Å². The molecule has 2 heterocycles. The molecule has 0 aromatic carbocycles. The van der Waals surface area contributed by atoms with E-state index in [4.69, 9.17) is 4.74 Å². The minimum atomic E-state index is -0.126. The fourth-order valence-corrected chi connectivity index (χ4v) is 3.44. The molecule has 6 heteroatoms. The van der Waals surface area contributed by atoms with E-state index in [1.807, 2.05) is 19.2 Å². The second-order valence-corrected chi connectivity index (χ2v) is 6.92. The minimum absolute atomic E-state index is 0.0677. The highest BCUT2D eigenvalue weighted by Crippen LogP contribution is 2.18. The van der Waals surface area contributed by atoms with E-state index in [0.717, 1.165) is 49.4 Å². The van der Waals surface area contributed by atoms with Gasteiger partial charge in [-0.2, -0.15) is 0 Å². The Morgan fingerprint density at radius 2 is 2.32 bits per heavy atom. The third-order valence-electron chi connectivity index (χ3n) is 3.99. The summed E-state index contributed by atoms with van der Waals surface area (Å²) in [6.07, 6.45) is 5.60. The molecule has 0 bridgehead atoms. The number of hydrogen-bond donors (Lipinski definition) is 2. The molecule has 2 rings (SSSR count). The van der Waals surface area contributed by atoms with Crippen molar-refractivity contribution < 1.29 is 9.53 Å². The first-order valence-corrected chi connectivity index (χ1v) is 9.09. The molecular formula is C16H27N3O2S. The number of aryl methyl sites for hydroxylation is 1. The van der Waals surface area contributed by atoms with Crippen molar-refractivity contribution in [2.24, 2.45) is 0 Å². The number of ether oxygens (including phenoxy) is 1. The monoisotopic (exact) mass is 325 g/mol. The summed E-state index contributed by atoms with van der Waals surface area (Å²) in [7, 11) is 0. The van der Waals surface area contributed by atoms with Crippen LogP contribution < -0.4 is 10.6 Å². The summed E-state index contributed by atoms with van der Waals surface area (Å²) in [5.41, 5.74) is 0.934. The first-order valence-electron chi connectivity index (χ1n) is 8.21. The third-order valence-corrected chi connectivity index (χ3v) is 5.00. The third kappa shape index (κ3) is 5.25. The number of hydrogen-bond acceptors (Lipinski definition) is 4. The van der Waals surface area contributed by atoms with Gasteiger partial charge in [-0.15, -0.1) is 11.3 Å². The smallest absolute Gasteiger partial charge is 0.315 e. The van der Waals surface area contributed by atoms with Crippen LogP contribution in [0.3, 0.4) is 0 Å². The van der Waals surface area contributed by atoms with Crippen LogP contribution in [0.4, 0.5) is 4.79 Å². The van der Waals surface area contributed by atoms with E-state index >= 15 is 0 Å². The van der Waals surface area contributed by atoms with Crippen LogP contribution in [0.1, 0.15) is 63.2 Å². The molecule has 0 radical (unpaired) electrons.